The van der Waals surface area contributed by atoms with Gasteiger partial charge >= 0.3 is 0 Å². The van der Waals surface area contributed by atoms with Crippen LogP contribution >= 0.6 is 24.0 Å². The largest absolute Gasteiger partial charge is 0.357 e. The van der Waals surface area contributed by atoms with Gasteiger partial charge in [0.15, 0.2) is 5.96 Å². The second-order valence-corrected chi connectivity index (χ2v) is 8.35. The standard InChI is InChI=1S/C25H32N6O.HI/c1-3-26-25(28-16-22-18-31-19(2)8-7-11-23(31)29-22)27-15-21-14-24(32)30(17-21)13-12-20-9-5-4-6-10-20;/h4-11,18,21H,3,12-17H2,1-2H3,(H2,26,27,28);1H. The molecule has 0 radical (unpaired) electrons. The molecular formula is C25H33IN6O. The lowest BCUT2D eigenvalue weighted by molar-refractivity contribution is -0.127. The Morgan fingerprint density at radius 2 is 1.97 bits per heavy atom. The van der Waals surface area contributed by atoms with Crippen molar-refractivity contribution < 1.29 is 4.79 Å². The van der Waals surface area contributed by atoms with Crippen LogP contribution in [0.3, 0.4) is 0 Å². The first kappa shape index (κ1) is 25.0. The van der Waals surface area contributed by atoms with Crippen molar-refractivity contribution in [3.8, 4) is 0 Å². The minimum atomic E-state index is 0. The predicted molar refractivity (Wildman–Crippen MR) is 143 cm³/mol. The van der Waals surface area contributed by atoms with E-state index in [1.807, 2.05) is 41.4 Å². The molecule has 8 heteroatoms. The second-order valence-electron chi connectivity index (χ2n) is 8.35. The molecule has 3 heterocycles. The van der Waals surface area contributed by atoms with Crippen molar-refractivity contribution >= 4 is 41.5 Å². The summed E-state index contributed by atoms with van der Waals surface area (Å²) in [4.78, 5) is 23.8. The molecular weight excluding hydrogens is 527 g/mol. The van der Waals surface area contributed by atoms with Gasteiger partial charge in [-0.05, 0) is 38.0 Å². The van der Waals surface area contributed by atoms with E-state index in [9.17, 15) is 4.79 Å². The number of fused-ring (bicyclic) bond motifs is 1. The van der Waals surface area contributed by atoms with Crippen molar-refractivity contribution in [1.29, 1.82) is 0 Å². The molecule has 1 amide bonds. The number of likely N-dealkylation sites (tertiary alicyclic amines) is 1. The van der Waals surface area contributed by atoms with Gasteiger partial charge in [0.2, 0.25) is 5.91 Å². The Labute approximate surface area is 212 Å². The van der Waals surface area contributed by atoms with Crippen molar-refractivity contribution in [3.05, 3.63) is 71.7 Å². The third-order valence-electron chi connectivity index (χ3n) is 5.86. The molecule has 0 bridgehead atoms. The number of nitrogens with zero attached hydrogens (tertiary/aromatic N) is 4. The van der Waals surface area contributed by atoms with E-state index in [-0.39, 0.29) is 29.9 Å². The normalized spacial score (nSPS) is 16.2. The lowest BCUT2D eigenvalue weighted by Gasteiger charge is -2.18. The minimum Gasteiger partial charge on any atom is -0.357 e. The Kier molecular flexibility index (Phi) is 9.11. The number of pyridine rings is 1. The molecule has 2 N–H and O–H groups in total. The number of nitrogens with one attached hydrogen (secondary N) is 2. The van der Waals surface area contributed by atoms with Crippen molar-refractivity contribution in [2.75, 3.05) is 26.2 Å². The smallest absolute Gasteiger partial charge is 0.223 e. The maximum atomic E-state index is 12.4. The molecule has 176 valence electrons. The second kappa shape index (κ2) is 12.0. The highest BCUT2D eigenvalue weighted by atomic mass is 127. The molecule has 3 aromatic rings. The van der Waals surface area contributed by atoms with Crippen LogP contribution in [0.4, 0.5) is 0 Å². The number of guanidine groups is 1. The zero-order valence-corrected chi connectivity index (χ0v) is 21.7. The summed E-state index contributed by atoms with van der Waals surface area (Å²) >= 11 is 0. The number of carbonyl (C=O) groups excluding carboxylic acids is 1. The Morgan fingerprint density at radius 1 is 1.15 bits per heavy atom. The summed E-state index contributed by atoms with van der Waals surface area (Å²) in [6.07, 6.45) is 3.53. The molecule has 7 nitrogen and oxygen atoms in total. The molecule has 1 unspecified atom stereocenters. The van der Waals surface area contributed by atoms with Gasteiger partial charge in [-0.3, -0.25) is 4.79 Å². The molecule has 1 atom stereocenters. The van der Waals surface area contributed by atoms with Gasteiger partial charge in [0.05, 0.1) is 12.2 Å². The summed E-state index contributed by atoms with van der Waals surface area (Å²) in [6.45, 7) is 7.70. The first-order chi connectivity index (χ1) is 15.6. The molecule has 0 saturated carbocycles. The van der Waals surface area contributed by atoms with Gasteiger partial charge in [0.1, 0.15) is 5.65 Å². The first-order valence-corrected chi connectivity index (χ1v) is 11.4. The summed E-state index contributed by atoms with van der Waals surface area (Å²) in [5, 5.41) is 6.72. The zero-order valence-electron chi connectivity index (χ0n) is 19.3. The van der Waals surface area contributed by atoms with E-state index in [0.717, 1.165) is 55.6 Å². The molecule has 1 aromatic carbocycles. The molecule has 1 fully saturated rings. The topological polar surface area (TPSA) is 74.0 Å². The lowest BCUT2D eigenvalue weighted by Crippen LogP contribution is -2.40. The SMILES string of the molecule is CCNC(=NCc1cn2c(C)cccc2n1)NCC1CC(=O)N(CCc2ccccc2)C1.I. The summed E-state index contributed by atoms with van der Waals surface area (Å²) in [7, 11) is 0. The highest BCUT2D eigenvalue weighted by Gasteiger charge is 2.29. The number of halogens is 1. The van der Waals surface area contributed by atoms with Crippen LogP contribution in [0.1, 0.15) is 30.3 Å². The third kappa shape index (κ3) is 6.69. The number of aromatic nitrogens is 2. The van der Waals surface area contributed by atoms with Crippen molar-refractivity contribution in [2.24, 2.45) is 10.9 Å². The fraction of sp³-hybridized carbons (Fsp3) is 0.400. The first-order valence-electron chi connectivity index (χ1n) is 11.4. The lowest BCUT2D eigenvalue weighted by atomic mass is 10.1. The van der Waals surface area contributed by atoms with Gasteiger partial charge in [-0.15, -0.1) is 24.0 Å². The third-order valence-corrected chi connectivity index (χ3v) is 5.86. The number of hydrogen-bond donors (Lipinski definition) is 2. The summed E-state index contributed by atoms with van der Waals surface area (Å²) in [5.74, 6) is 1.30. The van der Waals surface area contributed by atoms with Gasteiger partial charge in [-0.1, -0.05) is 36.4 Å². The summed E-state index contributed by atoms with van der Waals surface area (Å²) in [5.41, 5.74) is 4.29. The number of benzene rings is 1. The fourth-order valence-electron chi connectivity index (χ4n) is 4.13. The van der Waals surface area contributed by atoms with Gasteiger partial charge < -0.3 is 19.9 Å². The number of amides is 1. The van der Waals surface area contributed by atoms with E-state index in [1.165, 1.54) is 5.56 Å². The molecule has 4 rings (SSSR count). The highest BCUT2D eigenvalue weighted by molar-refractivity contribution is 14.0. The highest BCUT2D eigenvalue weighted by Crippen LogP contribution is 2.17. The molecule has 1 saturated heterocycles. The molecule has 1 aliphatic heterocycles. The number of aryl methyl sites for hydroxylation is 1. The van der Waals surface area contributed by atoms with E-state index in [2.05, 4.69) is 52.1 Å². The van der Waals surface area contributed by atoms with Gasteiger partial charge in [0.25, 0.3) is 0 Å². The molecule has 2 aromatic heterocycles. The average molecular weight is 560 g/mol. The van der Waals surface area contributed by atoms with E-state index in [1.54, 1.807) is 0 Å². The van der Waals surface area contributed by atoms with Crippen LogP contribution in [0.2, 0.25) is 0 Å². The quantitative estimate of drug-likeness (QED) is 0.252. The number of carbonyl (C=O) groups is 1. The number of imidazole rings is 1. The van der Waals surface area contributed by atoms with Gasteiger partial charge in [-0.25, -0.2) is 9.98 Å². The summed E-state index contributed by atoms with van der Waals surface area (Å²) < 4.78 is 2.08. The van der Waals surface area contributed by atoms with E-state index in [0.29, 0.717) is 18.9 Å². The monoisotopic (exact) mass is 560 g/mol. The Bertz CT molecular complexity index is 1080. The van der Waals surface area contributed by atoms with Crippen LogP contribution in [0.5, 0.6) is 0 Å². The minimum absolute atomic E-state index is 0. The average Bonchev–Trinajstić information content (AvgIpc) is 3.38. The van der Waals surface area contributed by atoms with Gasteiger partial charge in [-0.2, -0.15) is 0 Å². The fourth-order valence-corrected chi connectivity index (χ4v) is 4.13. The Hall–Kier alpha value is -2.62. The van der Waals surface area contributed by atoms with Crippen LogP contribution in [0, 0.1) is 12.8 Å². The van der Waals surface area contributed by atoms with Crippen LogP contribution < -0.4 is 10.6 Å². The summed E-state index contributed by atoms with van der Waals surface area (Å²) in [6, 6.07) is 16.4. The van der Waals surface area contributed by atoms with Crippen molar-refractivity contribution in [1.82, 2.24) is 24.9 Å². The molecule has 33 heavy (non-hydrogen) atoms. The predicted octanol–water partition coefficient (Wildman–Crippen LogP) is 3.41. The number of hydrogen-bond acceptors (Lipinski definition) is 3. The van der Waals surface area contributed by atoms with E-state index < -0.39 is 0 Å². The molecule has 0 aliphatic carbocycles. The van der Waals surface area contributed by atoms with Gasteiger partial charge in [0, 0.05) is 50.4 Å². The zero-order chi connectivity index (χ0) is 22.3. The maximum absolute atomic E-state index is 12.4. The van der Waals surface area contributed by atoms with Crippen LogP contribution in [-0.4, -0.2) is 52.3 Å². The van der Waals surface area contributed by atoms with Crippen LogP contribution in [0.25, 0.3) is 5.65 Å². The van der Waals surface area contributed by atoms with Crippen molar-refractivity contribution in [2.45, 2.75) is 33.2 Å². The van der Waals surface area contributed by atoms with Crippen molar-refractivity contribution in [3.63, 3.8) is 0 Å². The maximum Gasteiger partial charge on any atom is 0.223 e. The molecule has 1 aliphatic rings. The van der Waals surface area contributed by atoms with Crippen LogP contribution in [0.15, 0.2) is 59.7 Å². The Balaban J connectivity index is 0.00000306. The van der Waals surface area contributed by atoms with Crippen LogP contribution in [-0.2, 0) is 17.8 Å². The number of aliphatic imine (C=N–C) groups is 1. The Morgan fingerprint density at radius 3 is 2.73 bits per heavy atom. The van der Waals surface area contributed by atoms with E-state index >= 15 is 0 Å². The number of rotatable bonds is 8. The molecule has 0 spiro atoms. The van der Waals surface area contributed by atoms with E-state index in [4.69, 9.17) is 4.99 Å².